The summed E-state index contributed by atoms with van der Waals surface area (Å²) in [6, 6.07) is 0.680. The number of aryl methyl sites for hydroxylation is 2. The van der Waals surface area contributed by atoms with Gasteiger partial charge >= 0.3 is 0 Å². The summed E-state index contributed by atoms with van der Waals surface area (Å²) in [6.07, 6.45) is 1.25. The van der Waals surface area contributed by atoms with Gasteiger partial charge in [0.15, 0.2) is 0 Å². The van der Waals surface area contributed by atoms with Gasteiger partial charge in [0.2, 0.25) is 0 Å². The molecule has 2 nitrogen and oxygen atoms in total. The molecule has 0 saturated carbocycles. The molecule has 2 heterocycles. The van der Waals surface area contributed by atoms with E-state index in [1.54, 1.807) is 0 Å². The lowest BCUT2D eigenvalue weighted by Crippen LogP contribution is -2.26. The van der Waals surface area contributed by atoms with Gasteiger partial charge in [-0.15, -0.1) is 11.3 Å². The summed E-state index contributed by atoms with van der Waals surface area (Å²) in [7, 11) is 0. The van der Waals surface area contributed by atoms with Crippen LogP contribution in [-0.4, -0.2) is 27.3 Å². The van der Waals surface area contributed by atoms with Gasteiger partial charge in [-0.25, -0.2) is 4.98 Å². The molecule has 84 valence electrons. The number of hydrogen-bond donors (Lipinski definition) is 0. The van der Waals surface area contributed by atoms with Crippen molar-refractivity contribution in [3.8, 4) is 0 Å². The van der Waals surface area contributed by atoms with E-state index in [9.17, 15) is 0 Å². The number of aromatic nitrogens is 1. The molecule has 1 aliphatic heterocycles. The first-order valence-corrected chi connectivity index (χ1v) is 7.10. The van der Waals surface area contributed by atoms with Gasteiger partial charge in [-0.2, -0.15) is 0 Å². The summed E-state index contributed by atoms with van der Waals surface area (Å²) >= 11 is 5.53. The highest BCUT2D eigenvalue weighted by atomic mass is 79.9. The monoisotopic (exact) mass is 288 g/mol. The quantitative estimate of drug-likeness (QED) is 0.778. The van der Waals surface area contributed by atoms with E-state index < -0.39 is 0 Å². The third-order valence-corrected chi connectivity index (χ3v) is 4.78. The van der Waals surface area contributed by atoms with Crippen molar-refractivity contribution in [2.24, 2.45) is 0 Å². The molecule has 1 fully saturated rings. The Morgan fingerprint density at radius 1 is 1.53 bits per heavy atom. The Hall–Kier alpha value is 0.0700. The van der Waals surface area contributed by atoms with Crippen LogP contribution in [0.2, 0.25) is 0 Å². The zero-order valence-corrected chi connectivity index (χ0v) is 11.9. The second-order valence-corrected chi connectivity index (χ2v) is 6.94. The maximum absolute atomic E-state index is 4.59. The van der Waals surface area contributed by atoms with Gasteiger partial charge < -0.3 is 0 Å². The van der Waals surface area contributed by atoms with Crippen LogP contribution in [-0.2, 0) is 6.54 Å². The highest BCUT2D eigenvalue weighted by molar-refractivity contribution is 9.09. The van der Waals surface area contributed by atoms with Gasteiger partial charge in [-0.05, 0) is 27.2 Å². The van der Waals surface area contributed by atoms with E-state index in [0.29, 0.717) is 10.9 Å². The van der Waals surface area contributed by atoms with Crippen molar-refractivity contribution in [1.82, 2.24) is 9.88 Å². The predicted molar refractivity (Wildman–Crippen MR) is 68.8 cm³/mol. The minimum Gasteiger partial charge on any atom is -0.293 e. The fraction of sp³-hybridized carbons (Fsp3) is 0.727. The molecule has 1 aliphatic rings. The minimum atomic E-state index is 0.662. The Kier molecular flexibility index (Phi) is 3.48. The first kappa shape index (κ1) is 11.6. The molecule has 2 rings (SSSR count). The fourth-order valence-corrected chi connectivity index (χ4v) is 3.90. The Morgan fingerprint density at radius 2 is 2.27 bits per heavy atom. The summed E-state index contributed by atoms with van der Waals surface area (Å²) < 4.78 is 0. The van der Waals surface area contributed by atoms with Crippen LogP contribution in [0, 0.1) is 13.8 Å². The van der Waals surface area contributed by atoms with Crippen LogP contribution in [0.5, 0.6) is 0 Å². The number of likely N-dealkylation sites (tertiary alicyclic amines) is 1. The van der Waals surface area contributed by atoms with Crippen LogP contribution >= 0.6 is 27.3 Å². The van der Waals surface area contributed by atoms with E-state index in [0.717, 1.165) is 13.1 Å². The van der Waals surface area contributed by atoms with Crippen molar-refractivity contribution < 1.29 is 0 Å². The van der Waals surface area contributed by atoms with E-state index in [1.165, 1.54) is 22.0 Å². The van der Waals surface area contributed by atoms with Gasteiger partial charge in [0.25, 0.3) is 0 Å². The van der Waals surface area contributed by atoms with Crippen molar-refractivity contribution >= 4 is 27.3 Å². The van der Waals surface area contributed by atoms with Gasteiger partial charge in [0.1, 0.15) is 5.01 Å². The van der Waals surface area contributed by atoms with Crippen LogP contribution in [0.3, 0.4) is 0 Å². The summed E-state index contributed by atoms with van der Waals surface area (Å²) in [4.78, 5) is 9.12. The molecule has 0 amide bonds. The molecule has 0 radical (unpaired) electrons. The maximum atomic E-state index is 4.59. The Bertz CT molecular complexity index is 331. The molecule has 0 bridgehead atoms. The molecular formula is C11H17BrN2S. The molecular weight excluding hydrogens is 272 g/mol. The fourth-order valence-electron chi connectivity index (χ4n) is 2.03. The third-order valence-electron chi connectivity index (χ3n) is 3.06. The van der Waals surface area contributed by atoms with E-state index in [1.807, 2.05) is 11.3 Å². The molecule has 2 unspecified atom stereocenters. The molecule has 1 aromatic rings. The first-order chi connectivity index (χ1) is 7.06. The lowest BCUT2D eigenvalue weighted by Gasteiger charge is -2.18. The normalized spacial score (nSPS) is 27.5. The summed E-state index contributed by atoms with van der Waals surface area (Å²) in [5.41, 5.74) is 1.19. The van der Waals surface area contributed by atoms with Crippen LogP contribution in [0.25, 0.3) is 0 Å². The lowest BCUT2D eigenvalue weighted by molar-refractivity contribution is 0.260. The number of rotatable bonds is 2. The average Bonchev–Trinajstić information content (AvgIpc) is 2.59. The molecule has 1 aromatic heterocycles. The zero-order chi connectivity index (χ0) is 11.0. The smallest absolute Gasteiger partial charge is 0.107 e. The Balaban J connectivity index is 2.03. The van der Waals surface area contributed by atoms with Gasteiger partial charge in [-0.1, -0.05) is 15.9 Å². The zero-order valence-electron chi connectivity index (χ0n) is 9.46. The van der Waals surface area contributed by atoms with Crippen LogP contribution < -0.4 is 0 Å². The summed E-state index contributed by atoms with van der Waals surface area (Å²) in [5, 5.41) is 1.26. The molecule has 15 heavy (non-hydrogen) atoms. The van der Waals surface area contributed by atoms with Crippen molar-refractivity contribution in [1.29, 1.82) is 0 Å². The van der Waals surface area contributed by atoms with Crippen molar-refractivity contribution in [2.45, 2.75) is 44.6 Å². The third kappa shape index (κ3) is 2.60. The maximum Gasteiger partial charge on any atom is 0.107 e. The largest absolute Gasteiger partial charge is 0.293 e. The molecule has 4 heteroatoms. The number of halogens is 1. The van der Waals surface area contributed by atoms with Crippen molar-refractivity contribution in [3.05, 3.63) is 15.6 Å². The lowest BCUT2D eigenvalue weighted by atomic mass is 10.2. The number of hydrogen-bond acceptors (Lipinski definition) is 3. The highest BCUT2D eigenvalue weighted by Crippen LogP contribution is 2.26. The van der Waals surface area contributed by atoms with Gasteiger partial charge in [-0.3, -0.25) is 4.90 Å². The van der Waals surface area contributed by atoms with E-state index in [4.69, 9.17) is 0 Å². The topological polar surface area (TPSA) is 16.1 Å². The first-order valence-electron chi connectivity index (χ1n) is 5.37. The molecule has 1 saturated heterocycles. The van der Waals surface area contributed by atoms with E-state index in [2.05, 4.69) is 46.6 Å². The molecule has 0 N–H and O–H groups in total. The second kappa shape index (κ2) is 4.52. The standard InChI is InChI=1S/C11H17BrN2S/c1-7-4-10(12)5-14(7)6-11-13-8(2)9(3)15-11/h7,10H,4-6H2,1-3H3. The number of alkyl halides is 1. The Morgan fingerprint density at radius 3 is 2.73 bits per heavy atom. The molecule has 0 aromatic carbocycles. The predicted octanol–water partition coefficient (Wildman–Crippen LogP) is 3.12. The van der Waals surface area contributed by atoms with Crippen molar-refractivity contribution in [3.63, 3.8) is 0 Å². The van der Waals surface area contributed by atoms with Crippen LogP contribution in [0.4, 0.5) is 0 Å². The van der Waals surface area contributed by atoms with Crippen molar-refractivity contribution in [2.75, 3.05) is 6.54 Å². The van der Waals surface area contributed by atoms with E-state index in [-0.39, 0.29) is 0 Å². The molecule has 0 spiro atoms. The SMILES string of the molecule is Cc1nc(CN2CC(Br)CC2C)sc1C. The van der Waals surface area contributed by atoms with Gasteiger partial charge in [0, 0.05) is 22.3 Å². The van der Waals surface area contributed by atoms with Crippen LogP contribution in [0.1, 0.15) is 28.9 Å². The minimum absolute atomic E-state index is 0.662. The second-order valence-electron chi connectivity index (χ2n) is 4.36. The molecule has 0 aliphatic carbocycles. The highest BCUT2D eigenvalue weighted by Gasteiger charge is 2.27. The van der Waals surface area contributed by atoms with Crippen LogP contribution in [0.15, 0.2) is 0 Å². The number of nitrogens with zero attached hydrogens (tertiary/aromatic N) is 2. The number of thiazole rings is 1. The van der Waals surface area contributed by atoms with Gasteiger partial charge in [0.05, 0.1) is 12.2 Å². The average molecular weight is 289 g/mol. The Labute approximate surface area is 104 Å². The molecule has 2 atom stereocenters. The summed E-state index contributed by atoms with van der Waals surface area (Å²) in [5.74, 6) is 0. The summed E-state index contributed by atoms with van der Waals surface area (Å²) in [6.45, 7) is 8.71. The van der Waals surface area contributed by atoms with E-state index >= 15 is 0 Å².